The zero-order chi connectivity index (χ0) is 27.0. The first kappa shape index (κ1) is 28.3. The SMILES string of the molecule is COc1cc(OC)nc(Oc2ccccc2C(=O)NC(C(=O)NC(C)C(=O)OC(C)(C)C)C(C)C)n1. The van der Waals surface area contributed by atoms with Crippen LogP contribution in [0.15, 0.2) is 30.3 Å². The molecule has 1 aromatic carbocycles. The van der Waals surface area contributed by atoms with E-state index in [2.05, 4.69) is 20.6 Å². The second kappa shape index (κ2) is 12.2. The van der Waals surface area contributed by atoms with Crippen LogP contribution in [0.3, 0.4) is 0 Å². The van der Waals surface area contributed by atoms with E-state index >= 15 is 0 Å². The van der Waals surface area contributed by atoms with Gasteiger partial charge in [-0.2, -0.15) is 9.97 Å². The molecule has 0 aliphatic rings. The normalized spacial score (nSPS) is 12.8. The maximum atomic E-state index is 13.2. The predicted molar refractivity (Wildman–Crippen MR) is 131 cm³/mol. The number of carbonyl (C=O) groups is 3. The topological polar surface area (TPSA) is 138 Å². The van der Waals surface area contributed by atoms with Gasteiger partial charge in [-0.3, -0.25) is 9.59 Å². The molecule has 196 valence electrons. The van der Waals surface area contributed by atoms with E-state index in [9.17, 15) is 14.4 Å². The van der Waals surface area contributed by atoms with E-state index in [1.807, 2.05) is 0 Å². The number of esters is 1. The van der Waals surface area contributed by atoms with Crippen LogP contribution in [0, 0.1) is 5.92 Å². The summed E-state index contributed by atoms with van der Waals surface area (Å²) in [5.74, 6) is -1.33. The minimum absolute atomic E-state index is 0.0872. The van der Waals surface area contributed by atoms with Crippen molar-refractivity contribution in [2.75, 3.05) is 14.2 Å². The van der Waals surface area contributed by atoms with Gasteiger partial charge >= 0.3 is 12.0 Å². The van der Waals surface area contributed by atoms with Gasteiger partial charge < -0.3 is 29.6 Å². The van der Waals surface area contributed by atoms with Gasteiger partial charge in [-0.1, -0.05) is 26.0 Å². The molecule has 0 bridgehead atoms. The molecular weight excluding hydrogens is 468 g/mol. The number of rotatable bonds is 10. The molecule has 36 heavy (non-hydrogen) atoms. The molecule has 0 saturated carbocycles. The van der Waals surface area contributed by atoms with Crippen LogP contribution in [-0.4, -0.2) is 59.7 Å². The largest absolute Gasteiger partial charge is 0.481 e. The van der Waals surface area contributed by atoms with Crippen LogP contribution in [0.25, 0.3) is 0 Å². The summed E-state index contributed by atoms with van der Waals surface area (Å²) in [5.41, 5.74) is -0.538. The summed E-state index contributed by atoms with van der Waals surface area (Å²) >= 11 is 0. The average molecular weight is 503 g/mol. The molecule has 0 fully saturated rings. The highest BCUT2D eigenvalue weighted by Gasteiger charge is 2.30. The van der Waals surface area contributed by atoms with Crippen molar-refractivity contribution in [3.8, 4) is 23.5 Å². The molecule has 1 heterocycles. The third-order valence-electron chi connectivity index (χ3n) is 4.76. The molecule has 0 spiro atoms. The summed E-state index contributed by atoms with van der Waals surface area (Å²) in [5, 5.41) is 5.34. The van der Waals surface area contributed by atoms with Crippen molar-refractivity contribution in [1.29, 1.82) is 0 Å². The zero-order valence-corrected chi connectivity index (χ0v) is 21.9. The predicted octanol–water partition coefficient (Wildman–Crippen LogP) is 2.89. The fourth-order valence-corrected chi connectivity index (χ4v) is 2.99. The van der Waals surface area contributed by atoms with Gasteiger partial charge in [0.15, 0.2) is 0 Å². The number of methoxy groups -OCH3 is 2. The lowest BCUT2D eigenvalue weighted by Gasteiger charge is -2.26. The molecule has 1 aromatic heterocycles. The molecule has 2 N–H and O–H groups in total. The molecule has 0 saturated heterocycles. The minimum atomic E-state index is -0.927. The molecule has 2 amide bonds. The van der Waals surface area contributed by atoms with Gasteiger partial charge in [0.05, 0.1) is 25.8 Å². The minimum Gasteiger partial charge on any atom is -0.481 e. The van der Waals surface area contributed by atoms with Crippen molar-refractivity contribution < 1.29 is 33.3 Å². The van der Waals surface area contributed by atoms with Crippen molar-refractivity contribution >= 4 is 17.8 Å². The van der Waals surface area contributed by atoms with E-state index in [-0.39, 0.29) is 35.0 Å². The number of hydrogen-bond acceptors (Lipinski definition) is 9. The van der Waals surface area contributed by atoms with Gasteiger partial charge in [-0.05, 0) is 45.7 Å². The number of hydrogen-bond donors (Lipinski definition) is 2. The lowest BCUT2D eigenvalue weighted by atomic mass is 10.0. The molecule has 2 atom stereocenters. The van der Waals surface area contributed by atoms with Crippen LogP contribution < -0.4 is 24.8 Å². The average Bonchev–Trinajstić information content (AvgIpc) is 2.80. The third kappa shape index (κ3) is 8.10. The Morgan fingerprint density at radius 1 is 0.917 bits per heavy atom. The Balaban J connectivity index is 2.20. The van der Waals surface area contributed by atoms with Gasteiger partial charge in [0, 0.05) is 0 Å². The highest BCUT2D eigenvalue weighted by molar-refractivity contribution is 6.00. The molecule has 11 heteroatoms. The van der Waals surface area contributed by atoms with Crippen molar-refractivity contribution in [1.82, 2.24) is 20.6 Å². The number of amides is 2. The summed E-state index contributed by atoms with van der Waals surface area (Å²) in [7, 11) is 2.88. The number of carbonyl (C=O) groups excluding carboxylic acids is 3. The maximum Gasteiger partial charge on any atom is 0.328 e. The second-order valence-corrected chi connectivity index (χ2v) is 9.29. The van der Waals surface area contributed by atoms with E-state index in [4.69, 9.17) is 18.9 Å². The van der Waals surface area contributed by atoms with E-state index in [1.165, 1.54) is 27.2 Å². The molecule has 0 aliphatic carbocycles. The van der Waals surface area contributed by atoms with Gasteiger partial charge in [0.2, 0.25) is 17.7 Å². The van der Waals surface area contributed by atoms with E-state index in [0.717, 1.165) is 0 Å². The van der Waals surface area contributed by atoms with E-state index < -0.39 is 35.5 Å². The first-order valence-corrected chi connectivity index (χ1v) is 11.4. The highest BCUT2D eigenvalue weighted by atomic mass is 16.6. The Morgan fingerprint density at radius 3 is 2.03 bits per heavy atom. The molecule has 0 radical (unpaired) electrons. The Bertz CT molecular complexity index is 1060. The van der Waals surface area contributed by atoms with Crippen molar-refractivity contribution in [3.05, 3.63) is 35.9 Å². The lowest BCUT2D eigenvalue weighted by molar-refractivity contribution is -0.158. The number of para-hydroxylation sites is 1. The van der Waals surface area contributed by atoms with Crippen molar-refractivity contribution in [3.63, 3.8) is 0 Å². The molecule has 2 unspecified atom stereocenters. The van der Waals surface area contributed by atoms with Crippen molar-refractivity contribution in [2.45, 2.75) is 59.2 Å². The number of aromatic nitrogens is 2. The first-order valence-electron chi connectivity index (χ1n) is 11.4. The van der Waals surface area contributed by atoms with Crippen molar-refractivity contribution in [2.24, 2.45) is 5.92 Å². The molecular formula is C25H34N4O7. The fourth-order valence-electron chi connectivity index (χ4n) is 2.99. The fraction of sp³-hybridized carbons (Fsp3) is 0.480. The molecule has 0 aliphatic heterocycles. The van der Waals surface area contributed by atoms with Gasteiger partial charge in [0.25, 0.3) is 5.91 Å². The van der Waals surface area contributed by atoms with Crippen LogP contribution in [0.2, 0.25) is 0 Å². The Kier molecular flexibility index (Phi) is 9.60. The van der Waals surface area contributed by atoms with Crippen LogP contribution in [0.5, 0.6) is 23.5 Å². The van der Waals surface area contributed by atoms with Gasteiger partial charge in [-0.25, -0.2) is 4.79 Å². The molecule has 11 nitrogen and oxygen atoms in total. The standard InChI is InChI=1S/C25H34N4O7/c1-14(2)20(22(31)26-15(3)23(32)36-25(4,5)6)29-21(30)16-11-9-10-12-17(16)35-24-27-18(33-7)13-19(28-24)34-8/h9-15,20H,1-8H3,(H,26,31)(H,29,30). The summed E-state index contributed by atoms with van der Waals surface area (Å²) in [6.45, 7) is 10.3. The third-order valence-corrected chi connectivity index (χ3v) is 4.76. The second-order valence-electron chi connectivity index (χ2n) is 9.29. The zero-order valence-electron chi connectivity index (χ0n) is 21.9. The number of benzene rings is 1. The maximum absolute atomic E-state index is 13.2. The highest BCUT2D eigenvalue weighted by Crippen LogP contribution is 2.26. The summed E-state index contributed by atoms with van der Waals surface area (Å²) in [6.07, 6.45) is 0. The monoisotopic (exact) mass is 502 g/mol. The van der Waals surface area contributed by atoms with Crippen LogP contribution in [0.4, 0.5) is 0 Å². The summed E-state index contributed by atoms with van der Waals surface area (Å²) in [6, 6.07) is 6.02. The Morgan fingerprint density at radius 2 is 1.50 bits per heavy atom. The lowest BCUT2D eigenvalue weighted by Crippen LogP contribution is -2.53. The van der Waals surface area contributed by atoms with Crippen LogP contribution in [-0.2, 0) is 14.3 Å². The Hall–Kier alpha value is -3.89. The number of nitrogens with one attached hydrogen (secondary N) is 2. The Labute approximate surface area is 210 Å². The first-order chi connectivity index (χ1) is 16.8. The quantitative estimate of drug-likeness (QED) is 0.470. The smallest absolute Gasteiger partial charge is 0.328 e. The van der Waals surface area contributed by atoms with E-state index in [1.54, 1.807) is 58.9 Å². The summed E-state index contributed by atoms with van der Waals surface area (Å²) < 4.78 is 21.3. The van der Waals surface area contributed by atoms with Gasteiger partial charge in [0.1, 0.15) is 23.4 Å². The molecule has 2 aromatic rings. The molecule has 2 rings (SSSR count). The number of ether oxygens (including phenoxy) is 4. The van der Waals surface area contributed by atoms with Crippen LogP contribution in [0.1, 0.15) is 51.9 Å². The van der Waals surface area contributed by atoms with E-state index in [0.29, 0.717) is 0 Å². The number of nitrogens with zero attached hydrogens (tertiary/aromatic N) is 2. The van der Waals surface area contributed by atoms with Gasteiger partial charge in [-0.15, -0.1) is 0 Å². The van der Waals surface area contributed by atoms with Crippen LogP contribution >= 0.6 is 0 Å². The summed E-state index contributed by atoms with van der Waals surface area (Å²) in [4.78, 5) is 46.6.